The Kier molecular flexibility index (Phi) is 3.77. The van der Waals surface area contributed by atoms with Crippen LogP contribution in [0.3, 0.4) is 0 Å². The molecule has 0 aliphatic carbocycles. The Labute approximate surface area is 116 Å². The molecule has 98 valence electrons. The topological polar surface area (TPSA) is 83.4 Å². The van der Waals surface area contributed by atoms with Gasteiger partial charge in [-0.1, -0.05) is 17.7 Å². The lowest BCUT2D eigenvalue weighted by Gasteiger charge is -2.23. The third-order valence-corrected chi connectivity index (χ3v) is 2.96. The van der Waals surface area contributed by atoms with Crippen molar-refractivity contribution >= 4 is 34.6 Å². The molecule has 0 saturated heterocycles. The number of thiocarbonyl (C=S) groups is 1. The second kappa shape index (κ2) is 5.33. The first-order valence-electron chi connectivity index (χ1n) is 5.64. The van der Waals surface area contributed by atoms with Gasteiger partial charge in [0.1, 0.15) is 0 Å². The zero-order valence-corrected chi connectivity index (χ0v) is 11.4. The number of nitrogens with zero attached hydrogens (tertiary/aromatic N) is 4. The van der Waals surface area contributed by atoms with Gasteiger partial charge in [-0.2, -0.15) is 10.2 Å². The summed E-state index contributed by atoms with van der Waals surface area (Å²) in [6.07, 6.45) is 0. The number of carbonyl (C=O) groups excluding carboxylic acids is 1. The molecule has 2 N–H and O–H groups in total. The fourth-order valence-corrected chi connectivity index (χ4v) is 1.77. The van der Waals surface area contributed by atoms with Crippen LogP contribution in [0.4, 0.5) is 5.69 Å². The molecule has 7 heteroatoms. The highest BCUT2D eigenvalue weighted by Crippen LogP contribution is 2.16. The van der Waals surface area contributed by atoms with E-state index in [1.807, 2.05) is 31.2 Å². The van der Waals surface area contributed by atoms with Gasteiger partial charge in [0.25, 0.3) is 5.91 Å². The number of aryl methyl sites for hydroxylation is 1. The molecule has 0 fully saturated rings. The minimum absolute atomic E-state index is 0.0456. The number of nitrogens with two attached hydrogens (primary N) is 1. The summed E-state index contributed by atoms with van der Waals surface area (Å²) in [4.78, 5) is 15.9. The van der Waals surface area contributed by atoms with Crippen LogP contribution in [0.15, 0.2) is 39.5 Å². The minimum atomic E-state index is -0.807. The molecular weight excluding hydrogens is 262 g/mol. The molecule has 1 aromatic rings. The summed E-state index contributed by atoms with van der Waals surface area (Å²) in [5.41, 5.74) is 2.29. The van der Waals surface area contributed by atoms with E-state index >= 15 is 0 Å². The standard InChI is InChI=1S/C12H13N5OS/c1-7-3-5-9(6-4-7)15-16-10-8(2)14-12(19)17(13)11(10)18/h3-6,10H,13H2,1-2H3/t10-/m1/s1. The molecule has 0 unspecified atom stereocenters. The predicted molar refractivity (Wildman–Crippen MR) is 76.2 cm³/mol. The molecule has 1 aliphatic heterocycles. The predicted octanol–water partition coefficient (Wildman–Crippen LogP) is 1.91. The molecule has 1 amide bonds. The molecule has 1 heterocycles. The van der Waals surface area contributed by atoms with E-state index in [1.54, 1.807) is 6.92 Å². The molecular formula is C12H13N5OS. The number of hydrogen-bond donors (Lipinski definition) is 1. The van der Waals surface area contributed by atoms with Crippen LogP contribution in [0, 0.1) is 6.92 Å². The van der Waals surface area contributed by atoms with Gasteiger partial charge in [-0.15, -0.1) is 0 Å². The van der Waals surface area contributed by atoms with E-state index < -0.39 is 11.9 Å². The van der Waals surface area contributed by atoms with Gasteiger partial charge in [0, 0.05) is 0 Å². The summed E-state index contributed by atoms with van der Waals surface area (Å²) in [5, 5.41) is 8.89. The van der Waals surface area contributed by atoms with Crippen molar-refractivity contribution in [3.05, 3.63) is 29.8 Å². The van der Waals surface area contributed by atoms with Gasteiger partial charge in [0.05, 0.1) is 11.4 Å². The Morgan fingerprint density at radius 3 is 2.58 bits per heavy atom. The highest BCUT2D eigenvalue weighted by molar-refractivity contribution is 7.80. The van der Waals surface area contributed by atoms with Crippen LogP contribution in [0.5, 0.6) is 0 Å². The van der Waals surface area contributed by atoms with Crippen molar-refractivity contribution in [1.82, 2.24) is 5.01 Å². The maximum atomic E-state index is 11.9. The smallest absolute Gasteiger partial charge is 0.270 e. The summed E-state index contributed by atoms with van der Waals surface area (Å²) in [5.74, 6) is 5.07. The Morgan fingerprint density at radius 2 is 1.95 bits per heavy atom. The van der Waals surface area contributed by atoms with E-state index in [1.165, 1.54) is 0 Å². The number of rotatable bonds is 2. The van der Waals surface area contributed by atoms with Crippen molar-refractivity contribution in [2.24, 2.45) is 21.1 Å². The first-order valence-corrected chi connectivity index (χ1v) is 6.05. The molecule has 0 radical (unpaired) electrons. The second-order valence-electron chi connectivity index (χ2n) is 4.20. The maximum absolute atomic E-state index is 11.9. The van der Waals surface area contributed by atoms with Crippen LogP contribution >= 0.6 is 12.2 Å². The normalized spacial score (nSPS) is 20.1. The zero-order valence-electron chi connectivity index (χ0n) is 10.6. The fraction of sp³-hybridized carbons (Fsp3) is 0.250. The van der Waals surface area contributed by atoms with Gasteiger partial charge in [0.2, 0.25) is 5.11 Å². The molecule has 1 atom stereocenters. The lowest BCUT2D eigenvalue weighted by Crippen LogP contribution is -2.51. The van der Waals surface area contributed by atoms with Crippen LogP contribution in [0.1, 0.15) is 12.5 Å². The van der Waals surface area contributed by atoms with E-state index in [2.05, 4.69) is 15.2 Å². The van der Waals surface area contributed by atoms with Crippen LogP contribution < -0.4 is 5.84 Å². The van der Waals surface area contributed by atoms with Crippen molar-refractivity contribution in [3.8, 4) is 0 Å². The number of azo groups is 1. The number of carbonyl (C=O) groups is 1. The minimum Gasteiger partial charge on any atom is -0.270 e. The largest absolute Gasteiger partial charge is 0.275 e. The summed E-state index contributed by atoms with van der Waals surface area (Å²) >= 11 is 4.85. The van der Waals surface area contributed by atoms with E-state index in [0.29, 0.717) is 11.4 Å². The quantitative estimate of drug-likeness (QED) is 0.387. The third-order valence-electron chi connectivity index (χ3n) is 2.67. The summed E-state index contributed by atoms with van der Waals surface area (Å²) in [7, 11) is 0. The molecule has 0 spiro atoms. The Bertz CT molecular complexity index is 578. The molecule has 2 rings (SSSR count). The highest BCUT2D eigenvalue weighted by atomic mass is 32.1. The van der Waals surface area contributed by atoms with E-state index in [4.69, 9.17) is 18.1 Å². The number of hydrazine groups is 1. The number of aliphatic imine (C=N–C) groups is 1. The van der Waals surface area contributed by atoms with Gasteiger partial charge < -0.3 is 0 Å². The zero-order chi connectivity index (χ0) is 14.0. The van der Waals surface area contributed by atoms with Crippen LogP contribution in [-0.4, -0.2) is 27.8 Å². The van der Waals surface area contributed by atoms with E-state index in [0.717, 1.165) is 10.6 Å². The molecule has 0 saturated carbocycles. The van der Waals surface area contributed by atoms with Crippen molar-refractivity contribution in [2.45, 2.75) is 19.9 Å². The van der Waals surface area contributed by atoms with Crippen LogP contribution in [-0.2, 0) is 4.79 Å². The second-order valence-corrected chi connectivity index (χ2v) is 4.56. The average Bonchev–Trinajstić information content (AvgIpc) is 2.38. The maximum Gasteiger partial charge on any atom is 0.275 e. The Hall–Kier alpha value is -1.99. The Balaban J connectivity index is 2.22. The molecule has 6 nitrogen and oxygen atoms in total. The first-order chi connectivity index (χ1) is 8.99. The Morgan fingerprint density at radius 1 is 1.32 bits per heavy atom. The third kappa shape index (κ3) is 2.88. The van der Waals surface area contributed by atoms with Gasteiger partial charge in [-0.3, -0.25) is 4.79 Å². The molecule has 1 aromatic carbocycles. The van der Waals surface area contributed by atoms with E-state index in [-0.39, 0.29) is 5.11 Å². The highest BCUT2D eigenvalue weighted by Gasteiger charge is 2.32. The number of amides is 1. The van der Waals surface area contributed by atoms with E-state index in [9.17, 15) is 4.79 Å². The van der Waals surface area contributed by atoms with Crippen molar-refractivity contribution in [2.75, 3.05) is 0 Å². The number of benzene rings is 1. The molecule has 0 aromatic heterocycles. The van der Waals surface area contributed by atoms with Crippen molar-refractivity contribution < 1.29 is 4.79 Å². The van der Waals surface area contributed by atoms with Gasteiger partial charge in [0.15, 0.2) is 6.04 Å². The fourth-order valence-electron chi connectivity index (χ4n) is 1.54. The SMILES string of the molecule is CC1=NC(=S)N(N)C(=O)[C@@H]1N=Nc1ccc(C)cc1. The molecule has 19 heavy (non-hydrogen) atoms. The first kappa shape index (κ1) is 13.4. The summed E-state index contributed by atoms with van der Waals surface area (Å²) in [6.45, 7) is 3.66. The molecule has 0 bridgehead atoms. The van der Waals surface area contributed by atoms with Gasteiger partial charge in [-0.05, 0) is 38.2 Å². The van der Waals surface area contributed by atoms with Crippen LogP contribution in [0.25, 0.3) is 0 Å². The lowest BCUT2D eigenvalue weighted by molar-refractivity contribution is -0.127. The summed E-state index contributed by atoms with van der Waals surface area (Å²) < 4.78 is 0. The van der Waals surface area contributed by atoms with Crippen molar-refractivity contribution in [3.63, 3.8) is 0 Å². The monoisotopic (exact) mass is 275 g/mol. The van der Waals surface area contributed by atoms with Gasteiger partial charge >= 0.3 is 0 Å². The number of hydrogen-bond acceptors (Lipinski definition) is 5. The van der Waals surface area contributed by atoms with Crippen LogP contribution in [0.2, 0.25) is 0 Å². The average molecular weight is 275 g/mol. The van der Waals surface area contributed by atoms with Crippen molar-refractivity contribution in [1.29, 1.82) is 0 Å². The summed E-state index contributed by atoms with van der Waals surface area (Å²) in [6, 6.07) is 6.68. The van der Waals surface area contributed by atoms with Gasteiger partial charge in [-0.25, -0.2) is 15.8 Å². The lowest BCUT2D eigenvalue weighted by atomic mass is 10.1. The molecule has 1 aliphatic rings.